The van der Waals surface area contributed by atoms with Crippen molar-refractivity contribution >= 4 is 11.8 Å². The van der Waals surface area contributed by atoms with Crippen molar-refractivity contribution in [2.75, 3.05) is 14.2 Å². The van der Waals surface area contributed by atoms with E-state index in [1.165, 1.54) is 0 Å². The predicted octanol–water partition coefficient (Wildman–Crippen LogP) is 4.27. The highest BCUT2D eigenvalue weighted by Gasteiger charge is 2.47. The molecule has 2 heterocycles. The SMILES string of the molecule is C=CCCc1cc(C2C(C(=O)NCc3cccc(OC)c3)C3C=CC=CC=C3C(=O)N2C)cn1C. The second-order valence-corrected chi connectivity index (χ2v) is 9.08. The average Bonchev–Trinajstić information content (AvgIpc) is 3.06. The number of hydrogen-bond donors (Lipinski definition) is 1. The van der Waals surface area contributed by atoms with Crippen LogP contribution in [0.5, 0.6) is 5.75 Å². The van der Waals surface area contributed by atoms with Gasteiger partial charge in [0.15, 0.2) is 0 Å². The summed E-state index contributed by atoms with van der Waals surface area (Å²) in [4.78, 5) is 28.9. The molecule has 3 unspecified atom stereocenters. The Morgan fingerprint density at radius 1 is 1.20 bits per heavy atom. The van der Waals surface area contributed by atoms with Crippen LogP contribution in [0.3, 0.4) is 0 Å². The van der Waals surface area contributed by atoms with Crippen LogP contribution in [0, 0.1) is 11.8 Å². The summed E-state index contributed by atoms with van der Waals surface area (Å²) in [7, 11) is 5.42. The lowest BCUT2D eigenvalue weighted by atomic mass is 9.73. The molecule has 3 atom stereocenters. The normalized spacial score (nSPS) is 21.2. The molecule has 1 aromatic carbocycles. The van der Waals surface area contributed by atoms with Gasteiger partial charge in [-0.15, -0.1) is 6.58 Å². The van der Waals surface area contributed by atoms with Crippen LogP contribution in [0.2, 0.25) is 0 Å². The van der Waals surface area contributed by atoms with E-state index in [9.17, 15) is 9.59 Å². The minimum Gasteiger partial charge on any atom is -0.497 e. The van der Waals surface area contributed by atoms with Crippen LogP contribution in [0.25, 0.3) is 0 Å². The van der Waals surface area contributed by atoms with Crippen molar-refractivity contribution in [3.05, 3.63) is 102 Å². The number of hydrogen-bond acceptors (Lipinski definition) is 3. The number of piperidine rings is 1. The molecule has 1 aromatic heterocycles. The smallest absolute Gasteiger partial charge is 0.250 e. The molecule has 0 bridgehead atoms. The molecule has 1 saturated heterocycles. The lowest BCUT2D eigenvalue weighted by Crippen LogP contribution is -2.51. The highest BCUT2D eigenvalue weighted by molar-refractivity contribution is 5.98. The number of carbonyl (C=O) groups excluding carboxylic acids is 2. The van der Waals surface area contributed by atoms with Gasteiger partial charge >= 0.3 is 0 Å². The minimum absolute atomic E-state index is 0.0514. The number of nitrogens with one attached hydrogen (secondary N) is 1. The van der Waals surface area contributed by atoms with Gasteiger partial charge in [-0.1, -0.05) is 48.6 Å². The van der Waals surface area contributed by atoms with Gasteiger partial charge in [-0.2, -0.15) is 0 Å². The highest BCUT2D eigenvalue weighted by atomic mass is 16.5. The van der Waals surface area contributed by atoms with E-state index in [1.807, 2.05) is 74.0 Å². The number of allylic oxidation sites excluding steroid dienone is 6. The van der Waals surface area contributed by atoms with Crippen molar-refractivity contribution in [3.8, 4) is 5.75 Å². The van der Waals surface area contributed by atoms with Crippen molar-refractivity contribution in [1.82, 2.24) is 14.8 Å². The fraction of sp³-hybridized carbons (Fsp3) is 0.310. The maximum absolute atomic E-state index is 13.8. The van der Waals surface area contributed by atoms with Gasteiger partial charge in [0.1, 0.15) is 5.75 Å². The van der Waals surface area contributed by atoms with E-state index in [0.29, 0.717) is 12.1 Å². The van der Waals surface area contributed by atoms with Gasteiger partial charge in [-0.25, -0.2) is 0 Å². The molecule has 2 aromatic rings. The number of rotatable bonds is 8. The fourth-order valence-corrected chi connectivity index (χ4v) is 5.04. The van der Waals surface area contributed by atoms with Gasteiger partial charge < -0.3 is 19.5 Å². The van der Waals surface area contributed by atoms with Crippen molar-refractivity contribution < 1.29 is 14.3 Å². The molecule has 0 radical (unpaired) electrons. The number of nitrogens with zero attached hydrogens (tertiary/aromatic N) is 2. The lowest BCUT2D eigenvalue weighted by Gasteiger charge is -2.43. The Bertz CT molecular complexity index is 1200. The number of methoxy groups -OCH3 is 1. The predicted molar refractivity (Wildman–Crippen MR) is 138 cm³/mol. The number of carbonyl (C=O) groups is 2. The molecule has 6 heteroatoms. The fourth-order valence-electron chi connectivity index (χ4n) is 5.04. The van der Waals surface area contributed by atoms with Crippen LogP contribution in [-0.4, -0.2) is 35.4 Å². The van der Waals surface area contributed by atoms with Crippen molar-refractivity contribution in [3.63, 3.8) is 0 Å². The molecule has 1 N–H and O–H groups in total. The quantitative estimate of drug-likeness (QED) is 0.585. The summed E-state index contributed by atoms with van der Waals surface area (Å²) >= 11 is 0. The van der Waals surface area contributed by atoms with E-state index in [4.69, 9.17) is 4.74 Å². The topological polar surface area (TPSA) is 63.6 Å². The molecule has 1 aliphatic carbocycles. The van der Waals surface area contributed by atoms with Crippen LogP contribution in [0.4, 0.5) is 0 Å². The standard InChI is InChI=1S/C29H33N3O3/c1-5-6-12-22-17-21(19-31(22)2)27-26(24-14-8-7-9-15-25(24)29(34)32(27)3)28(33)30-18-20-11-10-13-23(16-20)35-4/h5,7-11,13-17,19,24,26-27H,1,6,12,18H2,2-4H3,(H,30,33). The summed E-state index contributed by atoms with van der Waals surface area (Å²) in [5.41, 5.74) is 3.71. The van der Waals surface area contributed by atoms with Gasteiger partial charge in [0, 0.05) is 44.0 Å². The summed E-state index contributed by atoms with van der Waals surface area (Å²) in [5.74, 6) is -0.182. The number of amides is 2. The molecular formula is C29H33N3O3. The number of likely N-dealkylation sites (tertiary alicyclic amines) is 1. The second kappa shape index (κ2) is 10.6. The summed E-state index contributed by atoms with van der Waals surface area (Å²) in [6.45, 7) is 4.21. The van der Waals surface area contributed by atoms with E-state index in [2.05, 4.69) is 22.5 Å². The first kappa shape index (κ1) is 24.3. The Kier molecular flexibility index (Phi) is 7.39. The second-order valence-electron chi connectivity index (χ2n) is 9.08. The Hall–Kier alpha value is -3.80. The van der Waals surface area contributed by atoms with Crippen LogP contribution < -0.4 is 10.1 Å². The summed E-state index contributed by atoms with van der Waals surface area (Å²) < 4.78 is 7.40. The van der Waals surface area contributed by atoms with Crippen molar-refractivity contribution in [2.24, 2.45) is 18.9 Å². The first-order valence-electron chi connectivity index (χ1n) is 11.9. The van der Waals surface area contributed by atoms with Gasteiger partial charge in [0.25, 0.3) is 5.91 Å². The number of aromatic nitrogens is 1. The molecule has 35 heavy (non-hydrogen) atoms. The lowest BCUT2D eigenvalue weighted by molar-refractivity contribution is -0.139. The van der Waals surface area contributed by atoms with Gasteiger partial charge in [-0.05, 0) is 42.2 Å². The number of aryl methyl sites for hydroxylation is 2. The third-order valence-corrected chi connectivity index (χ3v) is 6.87. The molecule has 6 nitrogen and oxygen atoms in total. The molecule has 4 rings (SSSR count). The number of fused-ring (bicyclic) bond motifs is 1. The van der Waals surface area contributed by atoms with Crippen molar-refractivity contribution in [2.45, 2.75) is 25.4 Å². The monoisotopic (exact) mass is 471 g/mol. The zero-order valence-electron chi connectivity index (χ0n) is 20.6. The summed E-state index contributed by atoms with van der Waals surface area (Å²) in [6, 6.07) is 9.39. The molecule has 2 aliphatic rings. The van der Waals surface area contributed by atoms with E-state index in [-0.39, 0.29) is 23.8 Å². The van der Waals surface area contributed by atoms with E-state index in [1.54, 1.807) is 19.1 Å². The number of ether oxygens (including phenoxy) is 1. The molecule has 2 amide bonds. The van der Waals surface area contributed by atoms with E-state index < -0.39 is 5.92 Å². The zero-order valence-corrected chi connectivity index (χ0v) is 20.6. The molecule has 1 aliphatic heterocycles. The molecule has 182 valence electrons. The minimum atomic E-state index is -0.472. The Balaban J connectivity index is 1.69. The maximum Gasteiger partial charge on any atom is 0.250 e. The third kappa shape index (κ3) is 5.02. The van der Waals surface area contributed by atoms with Crippen LogP contribution in [0.1, 0.15) is 29.3 Å². The number of benzene rings is 1. The van der Waals surface area contributed by atoms with Gasteiger partial charge in [0.2, 0.25) is 5.91 Å². The van der Waals surface area contributed by atoms with Crippen LogP contribution in [0.15, 0.2) is 85.1 Å². The Morgan fingerprint density at radius 3 is 2.80 bits per heavy atom. The molecule has 1 fully saturated rings. The van der Waals surface area contributed by atoms with Gasteiger partial charge in [-0.3, -0.25) is 9.59 Å². The largest absolute Gasteiger partial charge is 0.497 e. The average molecular weight is 472 g/mol. The van der Waals surface area contributed by atoms with E-state index in [0.717, 1.165) is 35.4 Å². The van der Waals surface area contributed by atoms with Crippen molar-refractivity contribution in [1.29, 1.82) is 0 Å². The molecule has 0 saturated carbocycles. The summed E-state index contributed by atoms with van der Waals surface area (Å²) in [6.07, 6.45) is 15.2. The molecule has 0 spiro atoms. The summed E-state index contributed by atoms with van der Waals surface area (Å²) in [5, 5.41) is 3.13. The first-order valence-corrected chi connectivity index (χ1v) is 11.9. The number of likely N-dealkylation sites (N-methyl/N-ethyl adjacent to an activating group) is 1. The molecular weight excluding hydrogens is 438 g/mol. The Labute approximate surface area is 207 Å². The van der Waals surface area contributed by atoms with Gasteiger partial charge in [0.05, 0.1) is 19.1 Å². The zero-order chi connectivity index (χ0) is 24.9. The first-order chi connectivity index (χ1) is 16.9. The van der Waals surface area contributed by atoms with E-state index >= 15 is 0 Å². The highest BCUT2D eigenvalue weighted by Crippen LogP contribution is 2.43. The van der Waals surface area contributed by atoms with Crippen LogP contribution in [-0.2, 0) is 29.6 Å². The Morgan fingerprint density at radius 2 is 2.03 bits per heavy atom. The maximum atomic E-state index is 13.8. The van der Waals surface area contributed by atoms with Crippen LogP contribution >= 0.6 is 0 Å². The third-order valence-electron chi connectivity index (χ3n) is 6.87.